The number of nitrogen functional groups attached to an aromatic ring is 1. The molecular weight excluding hydrogens is 344 g/mol. The van der Waals surface area contributed by atoms with Crippen molar-refractivity contribution in [2.75, 3.05) is 25.9 Å². The number of nitrogens with two attached hydrogens (primary N) is 1. The number of ether oxygens (including phenoxy) is 1. The van der Waals surface area contributed by atoms with Gasteiger partial charge in [0.1, 0.15) is 10.6 Å². The Kier molecular flexibility index (Phi) is 5.99. The zero-order valence-corrected chi connectivity index (χ0v) is 16.7. The second kappa shape index (κ2) is 8.23. The standard InChI is InChI=1S/C21H28N2O2S/c1-4-23(5-2)13-17-18(19(20(22)26-17)21(24)25-3)16-11-10-14-8-6-7-9-15(14)12-16/h10-12H,4-9,13,22H2,1-3H3. The quantitative estimate of drug-likeness (QED) is 0.758. The zero-order chi connectivity index (χ0) is 18.7. The Morgan fingerprint density at radius 2 is 1.88 bits per heavy atom. The molecule has 1 aliphatic carbocycles. The maximum Gasteiger partial charge on any atom is 0.341 e. The lowest BCUT2D eigenvalue weighted by Crippen LogP contribution is -2.22. The normalized spacial score (nSPS) is 13.7. The summed E-state index contributed by atoms with van der Waals surface area (Å²) in [5, 5.41) is 0.548. The number of hydrogen-bond acceptors (Lipinski definition) is 5. The van der Waals surface area contributed by atoms with Crippen LogP contribution >= 0.6 is 11.3 Å². The molecule has 4 nitrogen and oxygen atoms in total. The van der Waals surface area contributed by atoms with Gasteiger partial charge in [-0.25, -0.2) is 4.79 Å². The smallest absolute Gasteiger partial charge is 0.341 e. The van der Waals surface area contributed by atoms with Crippen LogP contribution in [0.1, 0.15) is 53.1 Å². The largest absolute Gasteiger partial charge is 0.465 e. The van der Waals surface area contributed by atoms with Gasteiger partial charge in [-0.1, -0.05) is 32.0 Å². The zero-order valence-electron chi connectivity index (χ0n) is 15.9. The molecule has 26 heavy (non-hydrogen) atoms. The summed E-state index contributed by atoms with van der Waals surface area (Å²) in [7, 11) is 1.42. The molecule has 1 heterocycles. The van der Waals surface area contributed by atoms with Gasteiger partial charge in [-0.15, -0.1) is 11.3 Å². The third kappa shape index (κ3) is 3.64. The first-order valence-electron chi connectivity index (χ1n) is 9.43. The number of thiophene rings is 1. The van der Waals surface area contributed by atoms with Crippen molar-refractivity contribution in [2.45, 2.75) is 46.1 Å². The number of anilines is 1. The highest BCUT2D eigenvalue weighted by Crippen LogP contribution is 2.41. The van der Waals surface area contributed by atoms with E-state index >= 15 is 0 Å². The van der Waals surface area contributed by atoms with Gasteiger partial charge in [0, 0.05) is 17.0 Å². The molecule has 0 saturated heterocycles. The van der Waals surface area contributed by atoms with Crippen LogP contribution in [0.2, 0.25) is 0 Å². The fraction of sp³-hybridized carbons (Fsp3) is 0.476. The Morgan fingerprint density at radius 3 is 2.54 bits per heavy atom. The number of hydrogen-bond donors (Lipinski definition) is 1. The first-order valence-corrected chi connectivity index (χ1v) is 10.2. The van der Waals surface area contributed by atoms with E-state index in [-0.39, 0.29) is 5.97 Å². The van der Waals surface area contributed by atoms with E-state index in [9.17, 15) is 4.79 Å². The fourth-order valence-electron chi connectivity index (χ4n) is 3.76. The van der Waals surface area contributed by atoms with Crippen LogP contribution in [0.25, 0.3) is 11.1 Å². The summed E-state index contributed by atoms with van der Waals surface area (Å²) in [6, 6.07) is 6.62. The van der Waals surface area contributed by atoms with Gasteiger partial charge in [0.15, 0.2) is 0 Å². The van der Waals surface area contributed by atoms with E-state index in [1.807, 2.05) is 0 Å². The van der Waals surface area contributed by atoms with E-state index in [1.165, 1.54) is 42.4 Å². The summed E-state index contributed by atoms with van der Waals surface area (Å²) >= 11 is 1.51. The molecule has 5 heteroatoms. The van der Waals surface area contributed by atoms with Crippen LogP contribution in [-0.4, -0.2) is 31.1 Å². The molecule has 0 atom stereocenters. The molecule has 0 radical (unpaired) electrons. The van der Waals surface area contributed by atoms with Crippen LogP contribution in [0.3, 0.4) is 0 Å². The van der Waals surface area contributed by atoms with Crippen LogP contribution in [0, 0.1) is 0 Å². The molecule has 0 amide bonds. The first kappa shape index (κ1) is 18.9. The monoisotopic (exact) mass is 372 g/mol. The first-order chi connectivity index (χ1) is 12.6. The van der Waals surface area contributed by atoms with Gasteiger partial charge >= 0.3 is 5.97 Å². The Labute approximate surface area is 160 Å². The number of methoxy groups -OCH3 is 1. The van der Waals surface area contributed by atoms with Crippen LogP contribution in [0.15, 0.2) is 18.2 Å². The van der Waals surface area contributed by atoms with Crippen molar-refractivity contribution in [1.82, 2.24) is 4.90 Å². The summed E-state index contributed by atoms with van der Waals surface area (Å²) in [5.41, 5.74) is 11.7. The number of aryl methyl sites for hydroxylation is 2. The van der Waals surface area contributed by atoms with Crippen molar-refractivity contribution in [1.29, 1.82) is 0 Å². The van der Waals surface area contributed by atoms with Crippen LogP contribution < -0.4 is 5.73 Å². The number of nitrogens with zero attached hydrogens (tertiary/aromatic N) is 1. The highest BCUT2D eigenvalue weighted by atomic mass is 32.1. The predicted molar refractivity (Wildman–Crippen MR) is 109 cm³/mol. The predicted octanol–water partition coefficient (Wildman–Crippen LogP) is 4.50. The molecular formula is C21H28N2O2S. The van der Waals surface area contributed by atoms with Crippen molar-refractivity contribution in [3.05, 3.63) is 39.8 Å². The molecule has 0 saturated carbocycles. The topological polar surface area (TPSA) is 55.6 Å². The van der Waals surface area contributed by atoms with E-state index in [1.54, 1.807) is 0 Å². The maximum atomic E-state index is 12.4. The van der Waals surface area contributed by atoms with Crippen LogP contribution in [0.5, 0.6) is 0 Å². The van der Waals surface area contributed by atoms with Gasteiger partial charge in [0.2, 0.25) is 0 Å². The number of fused-ring (bicyclic) bond motifs is 1. The average molecular weight is 373 g/mol. The minimum atomic E-state index is -0.350. The Bertz CT molecular complexity index is 794. The van der Waals surface area contributed by atoms with Gasteiger partial charge in [0.25, 0.3) is 0 Å². The highest BCUT2D eigenvalue weighted by molar-refractivity contribution is 7.17. The van der Waals surface area contributed by atoms with Gasteiger partial charge in [0.05, 0.1) is 7.11 Å². The van der Waals surface area contributed by atoms with Gasteiger partial charge in [-0.3, -0.25) is 4.90 Å². The minimum Gasteiger partial charge on any atom is -0.465 e. The summed E-state index contributed by atoms with van der Waals surface area (Å²) in [4.78, 5) is 15.9. The molecule has 0 spiro atoms. The molecule has 0 bridgehead atoms. The lowest BCUT2D eigenvalue weighted by molar-refractivity contribution is 0.0603. The minimum absolute atomic E-state index is 0.350. The van der Waals surface area contributed by atoms with Gasteiger partial charge in [-0.05, 0) is 55.5 Å². The molecule has 140 valence electrons. The third-order valence-electron chi connectivity index (χ3n) is 5.30. The van der Waals surface area contributed by atoms with E-state index in [0.717, 1.165) is 48.5 Å². The Balaban J connectivity index is 2.12. The second-order valence-corrected chi connectivity index (χ2v) is 7.92. The molecule has 2 N–H and O–H groups in total. The third-order valence-corrected chi connectivity index (χ3v) is 6.30. The lowest BCUT2D eigenvalue weighted by atomic mass is 9.88. The van der Waals surface area contributed by atoms with E-state index in [0.29, 0.717) is 10.6 Å². The van der Waals surface area contributed by atoms with Gasteiger partial charge in [-0.2, -0.15) is 0 Å². The summed E-state index contributed by atoms with van der Waals surface area (Å²) in [5.74, 6) is -0.350. The van der Waals surface area contributed by atoms with Crippen molar-refractivity contribution in [2.24, 2.45) is 0 Å². The van der Waals surface area contributed by atoms with Crippen molar-refractivity contribution in [3.63, 3.8) is 0 Å². The average Bonchev–Trinajstić information content (AvgIpc) is 3.00. The molecule has 1 aromatic carbocycles. The fourth-order valence-corrected chi connectivity index (χ4v) is 4.88. The van der Waals surface area contributed by atoms with E-state index < -0.39 is 0 Å². The highest BCUT2D eigenvalue weighted by Gasteiger charge is 2.25. The Morgan fingerprint density at radius 1 is 1.19 bits per heavy atom. The summed E-state index contributed by atoms with van der Waals surface area (Å²) in [6.45, 7) is 7.03. The van der Waals surface area contributed by atoms with Crippen molar-refractivity contribution >= 4 is 22.3 Å². The number of carbonyl (C=O) groups is 1. The summed E-state index contributed by atoms with van der Waals surface area (Å²) in [6.07, 6.45) is 4.76. The number of esters is 1. The molecule has 0 aliphatic heterocycles. The van der Waals surface area contributed by atoms with E-state index in [4.69, 9.17) is 10.5 Å². The molecule has 1 aliphatic rings. The maximum absolute atomic E-state index is 12.4. The van der Waals surface area contributed by atoms with Gasteiger partial charge < -0.3 is 10.5 Å². The number of carbonyl (C=O) groups excluding carboxylic acids is 1. The number of benzene rings is 1. The Hall–Kier alpha value is -1.85. The second-order valence-electron chi connectivity index (χ2n) is 6.78. The van der Waals surface area contributed by atoms with Crippen molar-refractivity contribution in [3.8, 4) is 11.1 Å². The molecule has 0 unspecified atom stereocenters. The number of rotatable bonds is 6. The molecule has 2 aromatic rings. The van der Waals surface area contributed by atoms with Crippen molar-refractivity contribution < 1.29 is 9.53 Å². The SMILES string of the molecule is CCN(CC)Cc1sc(N)c(C(=O)OC)c1-c1ccc2c(c1)CCCC2. The van der Waals surface area contributed by atoms with E-state index in [2.05, 4.69) is 36.9 Å². The molecule has 1 aromatic heterocycles. The molecule has 3 rings (SSSR count). The molecule has 0 fully saturated rings. The lowest BCUT2D eigenvalue weighted by Gasteiger charge is -2.20. The van der Waals surface area contributed by atoms with Crippen LogP contribution in [0.4, 0.5) is 5.00 Å². The summed E-state index contributed by atoms with van der Waals surface area (Å²) < 4.78 is 5.04. The van der Waals surface area contributed by atoms with Crippen LogP contribution in [-0.2, 0) is 24.1 Å².